The molecule has 3 N–H and O–H groups in total. The molecule has 30 heavy (non-hydrogen) atoms. The standard InChI is InChI=1S/C26H49NO3/c1-3-5-7-9-11-13-15-17-19-21-25(29)24(23-28)27-26(30)22-20-18-16-14-12-10-8-6-4-2/h15,17,19,21,24-25,28-29H,3-14,16,18,20,22-23H2,1-2H3,(H,27,30)/b17-15+,21-19+/t24-,25+/m0/s1. The van der Waals surface area contributed by atoms with E-state index in [0.29, 0.717) is 6.42 Å². The van der Waals surface area contributed by atoms with E-state index in [0.717, 1.165) is 19.3 Å². The lowest BCUT2D eigenvalue weighted by Crippen LogP contribution is -2.45. The minimum Gasteiger partial charge on any atom is -0.394 e. The first-order valence-electron chi connectivity index (χ1n) is 12.6. The van der Waals surface area contributed by atoms with Crippen molar-refractivity contribution in [3.63, 3.8) is 0 Å². The molecule has 0 radical (unpaired) electrons. The number of aliphatic hydroxyl groups excluding tert-OH is 2. The van der Waals surface area contributed by atoms with Gasteiger partial charge in [-0.1, -0.05) is 115 Å². The minimum atomic E-state index is -0.878. The Morgan fingerprint density at radius 1 is 0.800 bits per heavy atom. The Labute approximate surface area is 186 Å². The van der Waals surface area contributed by atoms with Crippen LogP contribution in [0.5, 0.6) is 0 Å². The Morgan fingerprint density at radius 2 is 1.33 bits per heavy atom. The van der Waals surface area contributed by atoms with Crippen molar-refractivity contribution in [2.24, 2.45) is 0 Å². The smallest absolute Gasteiger partial charge is 0.220 e. The summed E-state index contributed by atoms with van der Waals surface area (Å²) in [6, 6.07) is -0.644. The monoisotopic (exact) mass is 423 g/mol. The molecule has 4 heteroatoms. The normalized spacial score (nSPS) is 13.9. The van der Waals surface area contributed by atoms with Crippen molar-refractivity contribution in [3.05, 3.63) is 24.3 Å². The topological polar surface area (TPSA) is 69.6 Å². The van der Waals surface area contributed by atoms with Crippen LogP contribution in [0.2, 0.25) is 0 Å². The van der Waals surface area contributed by atoms with Crippen molar-refractivity contribution in [1.82, 2.24) is 5.32 Å². The maximum Gasteiger partial charge on any atom is 0.220 e. The summed E-state index contributed by atoms with van der Waals surface area (Å²) in [7, 11) is 0. The van der Waals surface area contributed by atoms with Crippen LogP contribution in [0.3, 0.4) is 0 Å². The minimum absolute atomic E-state index is 0.0907. The van der Waals surface area contributed by atoms with E-state index < -0.39 is 12.1 Å². The average Bonchev–Trinajstić information content (AvgIpc) is 2.75. The lowest BCUT2D eigenvalue weighted by molar-refractivity contribution is -0.123. The van der Waals surface area contributed by atoms with E-state index in [1.54, 1.807) is 12.2 Å². The van der Waals surface area contributed by atoms with Gasteiger partial charge in [-0.05, 0) is 19.3 Å². The van der Waals surface area contributed by atoms with Crippen LogP contribution < -0.4 is 5.32 Å². The van der Waals surface area contributed by atoms with Crippen molar-refractivity contribution in [2.45, 2.75) is 129 Å². The Hall–Kier alpha value is -1.13. The maximum absolute atomic E-state index is 12.1. The quantitative estimate of drug-likeness (QED) is 0.152. The molecule has 0 aliphatic carbocycles. The van der Waals surface area contributed by atoms with Gasteiger partial charge in [0.15, 0.2) is 0 Å². The molecule has 0 fully saturated rings. The Balaban J connectivity index is 3.85. The van der Waals surface area contributed by atoms with Crippen molar-refractivity contribution in [3.8, 4) is 0 Å². The van der Waals surface area contributed by atoms with E-state index in [2.05, 4.69) is 25.2 Å². The molecule has 0 aliphatic rings. The summed E-state index contributed by atoms with van der Waals surface area (Å²) in [6.07, 6.45) is 25.4. The average molecular weight is 424 g/mol. The summed E-state index contributed by atoms with van der Waals surface area (Å²) in [6.45, 7) is 4.18. The molecular weight excluding hydrogens is 374 g/mol. The van der Waals surface area contributed by atoms with Crippen molar-refractivity contribution in [1.29, 1.82) is 0 Å². The molecule has 0 unspecified atom stereocenters. The van der Waals surface area contributed by atoms with E-state index in [-0.39, 0.29) is 12.5 Å². The zero-order chi connectivity index (χ0) is 22.3. The third kappa shape index (κ3) is 18.9. The molecule has 0 saturated carbocycles. The van der Waals surface area contributed by atoms with Crippen LogP contribution in [0.25, 0.3) is 0 Å². The number of allylic oxidation sites excluding steroid dienone is 3. The first-order chi connectivity index (χ1) is 14.7. The van der Waals surface area contributed by atoms with E-state index >= 15 is 0 Å². The van der Waals surface area contributed by atoms with Crippen LogP contribution in [0, 0.1) is 0 Å². The van der Waals surface area contributed by atoms with Gasteiger partial charge in [0.25, 0.3) is 0 Å². The van der Waals surface area contributed by atoms with Crippen molar-refractivity contribution >= 4 is 5.91 Å². The maximum atomic E-state index is 12.1. The highest BCUT2D eigenvalue weighted by Gasteiger charge is 2.17. The molecule has 0 aromatic rings. The zero-order valence-electron chi connectivity index (χ0n) is 19.8. The first kappa shape index (κ1) is 28.9. The molecule has 0 aromatic heterocycles. The Bertz CT molecular complexity index is 434. The summed E-state index contributed by atoms with van der Waals surface area (Å²) in [5.41, 5.74) is 0. The predicted molar refractivity (Wildman–Crippen MR) is 129 cm³/mol. The second-order valence-corrected chi connectivity index (χ2v) is 8.44. The number of unbranched alkanes of at least 4 members (excludes halogenated alkanes) is 13. The summed E-state index contributed by atoms with van der Waals surface area (Å²) >= 11 is 0. The third-order valence-corrected chi connectivity index (χ3v) is 5.49. The molecule has 1 amide bonds. The molecule has 176 valence electrons. The SMILES string of the molecule is CCCCCCC/C=C/C=C/[C@@H](O)[C@H](CO)NC(=O)CCCCCCCCCCC. The fraction of sp³-hybridized carbons (Fsp3) is 0.808. The molecule has 0 aromatic carbocycles. The third-order valence-electron chi connectivity index (χ3n) is 5.49. The number of hydrogen-bond donors (Lipinski definition) is 3. The van der Waals surface area contributed by atoms with Gasteiger partial charge in [-0.15, -0.1) is 0 Å². The van der Waals surface area contributed by atoms with Gasteiger partial charge in [-0.2, -0.15) is 0 Å². The van der Waals surface area contributed by atoms with Crippen LogP contribution >= 0.6 is 0 Å². The van der Waals surface area contributed by atoms with Crippen LogP contribution in [0.1, 0.15) is 117 Å². The second kappa shape index (κ2) is 22.6. The Kier molecular flexibility index (Phi) is 21.7. The zero-order valence-corrected chi connectivity index (χ0v) is 19.8. The fourth-order valence-corrected chi connectivity index (χ4v) is 3.47. The van der Waals surface area contributed by atoms with E-state index in [1.165, 1.54) is 77.0 Å². The number of aliphatic hydroxyl groups is 2. The number of rotatable bonds is 21. The molecule has 0 aliphatic heterocycles. The summed E-state index contributed by atoms with van der Waals surface area (Å²) < 4.78 is 0. The predicted octanol–water partition coefficient (Wildman–Crippen LogP) is 6.22. The lowest BCUT2D eigenvalue weighted by Gasteiger charge is -2.19. The molecule has 4 nitrogen and oxygen atoms in total. The summed E-state index contributed by atoms with van der Waals surface area (Å²) in [5, 5.41) is 22.4. The lowest BCUT2D eigenvalue weighted by atomic mass is 10.1. The van der Waals surface area contributed by atoms with Crippen molar-refractivity contribution < 1.29 is 15.0 Å². The van der Waals surface area contributed by atoms with E-state index in [9.17, 15) is 15.0 Å². The van der Waals surface area contributed by atoms with Crippen molar-refractivity contribution in [2.75, 3.05) is 6.61 Å². The van der Waals surface area contributed by atoms with E-state index in [4.69, 9.17) is 0 Å². The molecule has 0 saturated heterocycles. The number of amides is 1. The van der Waals surface area contributed by atoms with Gasteiger partial charge >= 0.3 is 0 Å². The van der Waals surface area contributed by atoms with Gasteiger partial charge in [0.1, 0.15) is 0 Å². The molecule has 0 bridgehead atoms. The second-order valence-electron chi connectivity index (χ2n) is 8.44. The highest BCUT2D eigenvalue weighted by molar-refractivity contribution is 5.76. The molecular formula is C26H49NO3. The highest BCUT2D eigenvalue weighted by atomic mass is 16.3. The van der Waals surface area contributed by atoms with Gasteiger partial charge in [-0.3, -0.25) is 4.79 Å². The van der Waals surface area contributed by atoms with Gasteiger partial charge in [-0.25, -0.2) is 0 Å². The van der Waals surface area contributed by atoms with Crippen LogP contribution in [-0.2, 0) is 4.79 Å². The highest BCUT2D eigenvalue weighted by Crippen LogP contribution is 2.10. The molecule has 0 rings (SSSR count). The molecule has 2 atom stereocenters. The van der Waals surface area contributed by atoms with Crippen LogP contribution in [-0.4, -0.2) is 34.9 Å². The van der Waals surface area contributed by atoms with Crippen LogP contribution in [0.15, 0.2) is 24.3 Å². The van der Waals surface area contributed by atoms with E-state index in [1.807, 2.05) is 6.08 Å². The fourth-order valence-electron chi connectivity index (χ4n) is 3.47. The summed E-state index contributed by atoms with van der Waals surface area (Å²) in [4.78, 5) is 12.1. The number of nitrogens with one attached hydrogen (secondary N) is 1. The van der Waals surface area contributed by atoms with Gasteiger partial charge in [0.2, 0.25) is 5.91 Å². The molecule has 0 spiro atoms. The van der Waals surface area contributed by atoms with Gasteiger partial charge < -0.3 is 15.5 Å². The Morgan fingerprint density at radius 3 is 1.90 bits per heavy atom. The van der Waals surface area contributed by atoms with Gasteiger partial charge in [0.05, 0.1) is 18.8 Å². The number of carbonyl (C=O) groups excluding carboxylic acids is 1. The number of hydrogen-bond acceptors (Lipinski definition) is 3. The van der Waals surface area contributed by atoms with Crippen LogP contribution in [0.4, 0.5) is 0 Å². The largest absolute Gasteiger partial charge is 0.394 e. The summed E-state index contributed by atoms with van der Waals surface area (Å²) in [5.74, 6) is -0.0907. The number of carbonyl (C=O) groups is 1. The van der Waals surface area contributed by atoms with Gasteiger partial charge in [0, 0.05) is 6.42 Å². The molecule has 0 heterocycles. The first-order valence-corrected chi connectivity index (χ1v) is 12.6.